The second-order valence-electron chi connectivity index (χ2n) is 8.33. The normalized spacial score (nSPS) is 11.3. The van der Waals surface area contributed by atoms with Crippen LogP contribution in [0, 0.1) is 11.3 Å². The zero-order valence-electron chi connectivity index (χ0n) is 20.8. The van der Waals surface area contributed by atoms with E-state index in [4.69, 9.17) is 9.72 Å². The number of carbonyl (C=O) groups excluding carboxylic acids is 1. The molecule has 1 amide bonds. The fourth-order valence-electron chi connectivity index (χ4n) is 3.88. The van der Waals surface area contributed by atoms with E-state index in [0.29, 0.717) is 39.7 Å². The second-order valence-corrected chi connectivity index (χ2v) is 9.52. The van der Waals surface area contributed by atoms with Crippen molar-refractivity contribution in [3.05, 3.63) is 96.1 Å². The first-order valence-electron chi connectivity index (χ1n) is 11.9. The summed E-state index contributed by atoms with van der Waals surface area (Å²) < 4.78 is 5.28. The molecule has 190 valence electrons. The predicted octanol–water partition coefficient (Wildman–Crippen LogP) is 6.50. The minimum Gasteiger partial charge on any atom is -0.497 e. The van der Waals surface area contributed by atoms with Crippen molar-refractivity contribution in [2.75, 3.05) is 12.4 Å². The largest absolute Gasteiger partial charge is 0.497 e. The minimum atomic E-state index is -1.07. The topological polar surface area (TPSA) is 112 Å². The number of pyridine rings is 1. The van der Waals surface area contributed by atoms with E-state index in [-0.39, 0.29) is 11.5 Å². The van der Waals surface area contributed by atoms with Gasteiger partial charge in [-0.05, 0) is 48.4 Å². The summed E-state index contributed by atoms with van der Waals surface area (Å²) in [5, 5.41) is 22.1. The van der Waals surface area contributed by atoms with Crippen LogP contribution in [0.1, 0.15) is 29.3 Å². The van der Waals surface area contributed by atoms with E-state index in [2.05, 4.69) is 11.4 Å². The molecule has 0 saturated heterocycles. The molecule has 0 fully saturated rings. The predicted molar refractivity (Wildman–Crippen MR) is 148 cm³/mol. The van der Waals surface area contributed by atoms with Crippen LogP contribution >= 0.6 is 11.8 Å². The molecule has 1 unspecified atom stereocenters. The lowest BCUT2D eigenvalue weighted by Gasteiger charge is -2.18. The molecule has 0 aliphatic carbocycles. The molecule has 0 radical (unpaired) electrons. The summed E-state index contributed by atoms with van der Waals surface area (Å²) >= 11 is 1.22. The zero-order chi connectivity index (χ0) is 27.1. The van der Waals surface area contributed by atoms with Crippen LogP contribution in [-0.2, 0) is 4.79 Å². The first kappa shape index (κ1) is 26.5. The Hall–Kier alpha value is -4.61. The molecule has 38 heavy (non-hydrogen) atoms. The highest BCUT2D eigenvalue weighted by molar-refractivity contribution is 8.00. The van der Waals surface area contributed by atoms with Crippen LogP contribution in [0.15, 0.2) is 90.0 Å². The van der Waals surface area contributed by atoms with Crippen molar-refractivity contribution in [3.8, 4) is 34.2 Å². The Labute approximate surface area is 225 Å². The summed E-state index contributed by atoms with van der Waals surface area (Å²) in [7, 11) is 1.60. The third-order valence-electron chi connectivity index (χ3n) is 5.86. The first-order chi connectivity index (χ1) is 18.4. The number of rotatable bonds is 9. The Kier molecular flexibility index (Phi) is 8.41. The number of amides is 1. The maximum atomic E-state index is 13.2. The van der Waals surface area contributed by atoms with Gasteiger partial charge in [0.25, 0.3) is 0 Å². The van der Waals surface area contributed by atoms with Gasteiger partial charge in [-0.3, -0.25) is 4.79 Å². The molecule has 1 aromatic heterocycles. The number of carboxylic acid groups (broad SMARTS) is 1. The van der Waals surface area contributed by atoms with Gasteiger partial charge in [0.2, 0.25) is 5.91 Å². The number of methoxy groups -OCH3 is 1. The molecule has 7 nitrogen and oxygen atoms in total. The van der Waals surface area contributed by atoms with E-state index < -0.39 is 11.2 Å². The van der Waals surface area contributed by atoms with Crippen molar-refractivity contribution < 1.29 is 19.4 Å². The Morgan fingerprint density at radius 3 is 2.39 bits per heavy atom. The lowest BCUT2D eigenvalue weighted by atomic mass is 9.99. The van der Waals surface area contributed by atoms with Gasteiger partial charge in [-0.25, -0.2) is 9.78 Å². The van der Waals surface area contributed by atoms with Crippen LogP contribution in [0.5, 0.6) is 5.75 Å². The lowest BCUT2D eigenvalue weighted by Crippen LogP contribution is -2.25. The maximum Gasteiger partial charge on any atom is 0.335 e. The fourth-order valence-corrected chi connectivity index (χ4v) is 4.91. The number of nitriles is 1. The minimum absolute atomic E-state index is 0.0802. The van der Waals surface area contributed by atoms with Crippen molar-refractivity contribution in [1.29, 1.82) is 5.26 Å². The van der Waals surface area contributed by atoms with E-state index in [1.807, 2.05) is 67.6 Å². The molecule has 0 saturated carbocycles. The second kappa shape index (κ2) is 12.1. The maximum absolute atomic E-state index is 13.2. The number of carbonyl (C=O) groups is 2. The van der Waals surface area contributed by atoms with Gasteiger partial charge in [-0.1, -0.05) is 67.2 Å². The number of benzene rings is 3. The van der Waals surface area contributed by atoms with E-state index in [1.54, 1.807) is 19.2 Å². The molecule has 4 rings (SSSR count). The molecular formula is C30H25N3O4S. The highest BCUT2D eigenvalue weighted by Gasteiger charge is 2.24. The Bertz CT molecular complexity index is 1500. The summed E-state index contributed by atoms with van der Waals surface area (Å²) in [5.41, 5.74) is 3.94. The molecule has 4 aromatic rings. The number of hydrogen-bond acceptors (Lipinski definition) is 6. The number of thioether (sulfide) groups is 1. The third kappa shape index (κ3) is 6.02. The zero-order valence-corrected chi connectivity index (χ0v) is 21.7. The first-order valence-corrected chi connectivity index (χ1v) is 12.8. The molecule has 1 heterocycles. The monoisotopic (exact) mass is 523 g/mol. The van der Waals surface area contributed by atoms with Gasteiger partial charge in [-0.15, -0.1) is 0 Å². The molecule has 2 N–H and O–H groups in total. The van der Waals surface area contributed by atoms with Crippen molar-refractivity contribution in [2.45, 2.75) is 23.6 Å². The van der Waals surface area contributed by atoms with Crippen LogP contribution in [0.25, 0.3) is 22.4 Å². The third-order valence-corrected chi connectivity index (χ3v) is 7.21. The van der Waals surface area contributed by atoms with Crippen molar-refractivity contribution >= 4 is 29.3 Å². The fraction of sp³-hybridized carbons (Fsp3) is 0.133. The van der Waals surface area contributed by atoms with Gasteiger partial charge < -0.3 is 15.2 Å². The summed E-state index contributed by atoms with van der Waals surface area (Å²) in [4.78, 5) is 29.3. The highest BCUT2D eigenvalue weighted by Crippen LogP contribution is 2.37. The van der Waals surface area contributed by atoms with Gasteiger partial charge in [0.15, 0.2) is 0 Å². The number of aromatic nitrogens is 1. The average molecular weight is 524 g/mol. The molecule has 0 aliphatic heterocycles. The highest BCUT2D eigenvalue weighted by atomic mass is 32.2. The summed E-state index contributed by atoms with van der Waals surface area (Å²) in [6.07, 6.45) is 0.467. The molecule has 8 heteroatoms. The van der Waals surface area contributed by atoms with Gasteiger partial charge in [0, 0.05) is 16.8 Å². The molecule has 1 atom stereocenters. The van der Waals surface area contributed by atoms with Crippen molar-refractivity contribution in [3.63, 3.8) is 0 Å². The lowest BCUT2D eigenvalue weighted by molar-refractivity contribution is -0.115. The smallest absolute Gasteiger partial charge is 0.335 e. The average Bonchev–Trinajstić information content (AvgIpc) is 2.96. The molecule has 3 aromatic carbocycles. The Morgan fingerprint density at radius 2 is 1.76 bits per heavy atom. The van der Waals surface area contributed by atoms with Crippen LogP contribution < -0.4 is 10.1 Å². The van der Waals surface area contributed by atoms with Crippen LogP contribution in [-0.4, -0.2) is 34.3 Å². The molecule has 0 bridgehead atoms. The number of carboxylic acids is 1. The SMILES string of the molecule is CCC(Sc1nc(-c2ccccc2)cc(-c2ccc(OC)cc2)c1C#N)C(=O)Nc1cccc(C(=O)O)c1. The number of anilines is 1. The number of nitrogens with zero attached hydrogens (tertiary/aromatic N) is 2. The van der Waals surface area contributed by atoms with Crippen molar-refractivity contribution in [1.82, 2.24) is 4.98 Å². The standard InChI is InChI=1S/C30H25N3O4S/c1-3-27(28(34)32-22-11-7-10-21(16-22)30(35)36)38-29-25(18-31)24(19-12-14-23(37-2)15-13-19)17-26(33-29)20-8-5-4-6-9-20/h4-17,27H,3H2,1-2H3,(H,32,34)(H,35,36). The van der Waals surface area contributed by atoms with E-state index in [1.165, 1.54) is 23.9 Å². The number of aromatic carboxylic acids is 1. The summed E-state index contributed by atoms with van der Waals surface area (Å²) in [5.74, 6) is -0.676. The van der Waals surface area contributed by atoms with Crippen molar-refractivity contribution in [2.24, 2.45) is 0 Å². The van der Waals surface area contributed by atoms with E-state index in [0.717, 1.165) is 11.1 Å². The van der Waals surface area contributed by atoms with Gasteiger partial charge in [0.05, 0.1) is 29.2 Å². The van der Waals surface area contributed by atoms with E-state index >= 15 is 0 Å². The van der Waals surface area contributed by atoms with Crippen LogP contribution in [0.2, 0.25) is 0 Å². The number of hydrogen-bond donors (Lipinski definition) is 2. The van der Waals surface area contributed by atoms with Gasteiger partial charge >= 0.3 is 5.97 Å². The Balaban J connectivity index is 1.73. The summed E-state index contributed by atoms with van der Waals surface area (Å²) in [6, 6.07) is 27.4. The van der Waals surface area contributed by atoms with Crippen LogP contribution in [0.3, 0.4) is 0 Å². The van der Waals surface area contributed by atoms with Gasteiger partial charge in [-0.2, -0.15) is 5.26 Å². The number of nitrogens with one attached hydrogen (secondary N) is 1. The van der Waals surface area contributed by atoms with Gasteiger partial charge in [0.1, 0.15) is 16.8 Å². The molecule has 0 spiro atoms. The van der Waals surface area contributed by atoms with E-state index in [9.17, 15) is 20.0 Å². The van der Waals surface area contributed by atoms with Crippen LogP contribution in [0.4, 0.5) is 5.69 Å². The quantitative estimate of drug-likeness (QED) is 0.241. The number of ether oxygens (including phenoxy) is 1. The summed E-state index contributed by atoms with van der Waals surface area (Å²) in [6.45, 7) is 1.88. The molecule has 0 aliphatic rings. The Morgan fingerprint density at radius 1 is 1.03 bits per heavy atom. The molecular weight excluding hydrogens is 498 g/mol.